The summed E-state index contributed by atoms with van der Waals surface area (Å²) in [6.45, 7) is -3.72. The summed E-state index contributed by atoms with van der Waals surface area (Å²) in [5, 5.41) is 104. The van der Waals surface area contributed by atoms with Gasteiger partial charge in [-0.1, -0.05) is 0 Å². The summed E-state index contributed by atoms with van der Waals surface area (Å²) in [4.78, 5) is 83.8. The lowest BCUT2D eigenvalue weighted by molar-refractivity contribution is -0.385. The molecular weight excluding hydrogens is 1310 g/mol. The van der Waals surface area contributed by atoms with Gasteiger partial charge in [0, 0.05) is 24.3 Å². The number of non-ortho nitro benzene ring substituents is 2. The van der Waals surface area contributed by atoms with Gasteiger partial charge in [0.2, 0.25) is 12.6 Å². The lowest BCUT2D eigenvalue weighted by atomic mass is 10.1. The molecule has 20 atom stereocenters. The van der Waals surface area contributed by atoms with Gasteiger partial charge < -0.3 is 100 Å². The van der Waals surface area contributed by atoms with Crippen molar-refractivity contribution in [3.05, 3.63) is 94.1 Å². The maximum Gasteiger partial charge on any atom is 0.481 e. The van der Waals surface area contributed by atoms with Gasteiger partial charge in [-0.3, -0.25) is 47.5 Å². The van der Waals surface area contributed by atoms with Crippen LogP contribution in [0.3, 0.4) is 0 Å². The molecule has 0 saturated carbocycles. The summed E-state index contributed by atoms with van der Waals surface area (Å²) in [6, 6.07) is 9.32. The van der Waals surface area contributed by atoms with Crippen LogP contribution in [-0.4, -0.2) is 222 Å². The lowest BCUT2D eigenvalue weighted by Gasteiger charge is -2.20. The van der Waals surface area contributed by atoms with E-state index in [1.54, 1.807) is 0 Å². The standard InChI is InChI=1S/2C21H26N6O16P2/c2*22-18-13-19(24-7-23-18)26(8-25-13)20-16(30)14(28)11(41-20)5-38-44(34,35)43-45(36,37)39-6-12-15(29)17(31)21(42-12)40-10-3-1-9(2-4-10)27(32)33/h2*1-4,7-8,11-12,14-17,20-21,28-31H,5-6H2,(H,34,35)(H,36,37)(H2,22,23,24)/t2*11-,12-,14+,15?,16?,17?,20-,21-/m11/s1. The first-order valence-electron chi connectivity index (χ1n) is 25.4. The number of benzene rings is 2. The minimum Gasteiger partial charge on any atom is -0.462 e. The second-order valence-corrected chi connectivity index (χ2v) is 25.4. The van der Waals surface area contributed by atoms with Crippen LogP contribution >= 0.6 is 31.3 Å². The SMILES string of the molecule is Nc1ncnc2c1ncn2[C@@H]1O[C@H](COP(=O)(O)OP(=O)(O)OC[C@H]2O[C@@H](Oc3ccc([N+](=O)[O-])cc3)C(O)C2O)[C@H](O)C1O.Nc1ncnc2c1ncn2[C@@H]1O[C@H](COP(=O)(O)OP(=O)(O)OC[C@H]2O[C@@H](Oc3ccc([N+](=O)[O-])cc3)C(O)C2O)[C@H](O)C1O. The van der Waals surface area contributed by atoms with E-state index >= 15 is 0 Å². The first-order valence-corrected chi connectivity index (χ1v) is 31.4. The molecule has 44 nitrogen and oxygen atoms in total. The molecule has 0 radical (unpaired) electrons. The third-order valence-electron chi connectivity index (χ3n) is 13.3. The van der Waals surface area contributed by atoms with Gasteiger partial charge in [-0.25, -0.2) is 48.2 Å². The molecule has 10 rings (SSSR count). The van der Waals surface area contributed by atoms with Crippen LogP contribution in [0.25, 0.3) is 22.3 Å². The molecule has 0 aliphatic carbocycles. The van der Waals surface area contributed by atoms with Crippen LogP contribution < -0.4 is 20.9 Å². The topological polar surface area (TPSA) is 647 Å². The molecule has 0 amide bonds. The van der Waals surface area contributed by atoms with Crippen molar-refractivity contribution in [2.45, 2.75) is 98.3 Å². The van der Waals surface area contributed by atoms with E-state index in [2.05, 4.69) is 56.6 Å². The summed E-state index contributed by atoms with van der Waals surface area (Å²) >= 11 is 0. The number of fused-ring (bicyclic) bond motifs is 2. The molecule has 8 heterocycles. The summed E-state index contributed by atoms with van der Waals surface area (Å²) < 4.78 is 111. The van der Waals surface area contributed by atoms with Gasteiger partial charge in [0.15, 0.2) is 35.4 Å². The number of aromatic nitrogens is 8. The van der Waals surface area contributed by atoms with Crippen LogP contribution in [0.15, 0.2) is 73.8 Å². The molecule has 90 heavy (non-hydrogen) atoms. The van der Waals surface area contributed by atoms with Crippen molar-refractivity contribution in [3.63, 3.8) is 0 Å². The molecule has 4 fully saturated rings. The van der Waals surface area contributed by atoms with Crippen molar-refractivity contribution < 1.29 is 144 Å². The zero-order valence-electron chi connectivity index (χ0n) is 44.9. The van der Waals surface area contributed by atoms with Crippen molar-refractivity contribution in [3.8, 4) is 11.5 Å². The predicted molar refractivity (Wildman–Crippen MR) is 285 cm³/mol. The molecule has 4 aromatic heterocycles. The molecular formula is C42H52N12O32P4. The predicted octanol–water partition coefficient (Wildman–Crippen LogP) is -2.58. The second-order valence-electron chi connectivity index (χ2n) is 19.3. The Labute approximate surface area is 499 Å². The van der Waals surface area contributed by atoms with Crippen molar-refractivity contribution in [2.75, 3.05) is 37.9 Å². The van der Waals surface area contributed by atoms with Crippen LogP contribution in [0.5, 0.6) is 11.5 Å². The number of nitro benzene ring substituents is 2. The zero-order valence-corrected chi connectivity index (χ0v) is 48.5. The van der Waals surface area contributed by atoms with Crippen LogP contribution in [0, 0.1) is 20.2 Å². The summed E-state index contributed by atoms with van der Waals surface area (Å²) in [5.41, 5.74) is 11.7. The highest BCUT2D eigenvalue weighted by Crippen LogP contribution is 2.62. The third-order valence-corrected chi connectivity index (χ3v) is 18.5. The number of hydrogen-bond acceptors (Lipinski definition) is 36. The summed E-state index contributed by atoms with van der Waals surface area (Å²) in [5.74, 6) is 0.142. The number of hydrogen-bond donors (Lipinski definition) is 14. The van der Waals surface area contributed by atoms with Crippen molar-refractivity contribution in [2.24, 2.45) is 0 Å². The van der Waals surface area contributed by atoms with Crippen molar-refractivity contribution >= 4 is 76.6 Å². The molecule has 0 bridgehead atoms. The lowest BCUT2D eigenvalue weighted by Crippen LogP contribution is -2.35. The Morgan fingerprint density at radius 3 is 1.07 bits per heavy atom. The van der Waals surface area contributed by atoms with E-state index in [-0.39, 0.29) is 56.8 Å². The molecule has 6 aromatic rings. The van der Waals surface area contributed by atoms with E-state index in [1.165, 1.54) is 46.1 Å². The average molecular weight is 1360 g/mol. The number of phosphoric acid groups is 4. The van der Waals surface area contributed by atoms with Crippen LogP contribution in [0.4, 0.5) is 23.0 Å². The molecule has 492 valence electrons. The minimum atomic E-state index is -5.39. The fourth-order valence-corrected chi connectivity index (χ4v) is 13.0. The van der Waals surface area contributed by atoms with E-state index < -0.39 is 166 Å². The number of phosphoric ester groups is 4. The molecule has 4 saturated heterocycles. The summed E-state index contributed by atoms with van der Waals surface area (Å²) in [6.07, 6.45) is -20.2. The van der Waals surface area contributed by atoms with Gasteiger partial charge in [0.05, 0.1) is 48.9 Å². The van der Waals surface area contributed by atoms with Crippen molar-refractivity contribution in [1.82, 2.24) is 39.0 Å². The fourth-order valence-electron chi connectivity index (χ4n) is 8.79. The molecule has 10 unspecified atom stereocenters. The highest BCUT2D eigenvalue weighted by molar-refractivity contribution is 7.61. The van der Waals surface area contributed by atoms with Crippen LogP contribution in [0.2, 0.25) is 0 Å². The van der Waals surface area contributed by atoms with Gasteiger partial charge in [-0.15, -0.1) is 0 Å². The number of imidazole rings is 2. The number of nitrogens with two attached hydrogens (primary N) is 2. The van der Waals surface area contributed by atoms with E-state index in [9.17, 15) is 98.9 Å². The zero-order chi connectivity index (χ0) is 65.4. The number of nitro groups is 2. The molecule has 2 aromatic carbocycles. The normalized spacial score (nSPS) is 31.1. The smallest absolute Gasteiger partial charge is 0.462 e. The van der Waals surface area contributed by atoms with Gasteiger partial charge >= 0.3 is 31.3 Å². The first kappa shape index (κ1) is 68.0. The van der Waals surface area contributed by atoms with E-state index in [0.29, 0.717) is 0 Å². The molecule has 4 aliphatic heterocycles. The Hall–Kier alpha value is -6.42. The average Bonchev–Trinajstić information content (AvgIpc) is 1.68. The van der Waals surface area contributed by atoms with Gasteiger partial charge in [-0.2, -0.15) is 8.62 Å². The van der Waals surface area contributed by atoms with Crippen LogP contribution in [0.1, 0.15) is 12.5 Å². The molecule has 48 heteroatoms. The Morgan fingerprint density at radius 1 is 0.456 bits per heavy atom. The molecule has 16 N–H and O–H groups in total. The number of rotatable bonds is 24. The first-order chi connectivity index (χ1) is 42.3. The number of ether oxygens (including phenoxy) is 6. The van der Waals surface area contributed by atoms with Gasteiger partial charge in [0.1, 0.15) is 108 Å². The Morgan fingerprint density at radius 2 is 0.756 bits per heavy atom. The van der Waals surface area contributed by atoms with E-state index in [4.69, 9.17) is 39.9 Å². The third kappa shape index (κ3) is 15.7. The Kier molecular flexibility index (Phi) is 20.7. The Bertz CT molecular complexity index is 3490. The number of anilines is 2. The Balaban J connectivity index is 0.000000213. The van der Waals surface area contributed by atoms with Crippen LogP contribution in [-0.2, 0) is 63.9 Å². The maximum absolute atomic E-state index is 12.4. The number of nitrogens with zero attached hydrogens (tertiary/aromatic N) is 10. The number of nitrogen functional groups attached to an aromatic ring is 2. The van der Waals surface area contributed by atoms with Gasteiger partial charge in [-0.05, 0) is 24.3 Å². The highest BCUT2D eigenvalue weighted by Gasteiger charge is 2.51. The van der Waals surface area contributed by atoms with Crippen molar-refractivity contribution in [1.29, 1.82) is 0 Å². The second kappa shape index (κ2) is 27.4. The summed E-state index contributed by atoms with van der Waals surface area (Å²) in [7, 11) is -21.6. The van der Waals surface area contributed by atoms with Gasteiger partial charge in [0.25, 0.3) is 11.4 Å². The fraction of sp³-hybridized carbons (Fsp3) is 0.476. The maximum atomic E-state index is 12.4. The largest absolute Gasteiger partial charge is 0.481 e. The number of aliphatic hydroxyl groups is 8. The quantitative estimate of drug-likeness (QED) is 0.0168. The molecule has 0 spiro atoms. The molecule has 4 aliphatic rings. The highest BCUT2D eigenvalue weighted by atomic mass is 31.3. The minimum absolute atomic E-state index is 0.0280. The monoisotopic (exact) mass is 1360 g/mol. The van der Waals surface area contributed by atoms with E-state index in [0.717, 1.165) is 36.9 Å². The van der Waals surface area contributed by atoms with E-state index in [1.807, 2.05) is 0 Å². The number of aliphatic hydroxyl groups excluding tert-OH is 8.